The summed E-state index contributed by atoms with van der Waals surface area (Å²) in [6.45, 7) is 0.464. The Morgan fingerprint density at radius 3 is 2.81 bits per heavy atom. The number of nitrogens with zero attached hydrogens (tertiary/aromatic N) is 1. The van der Waals surface area contributed by atoms with E-state index in [9.17, 15) is 4.79 Å². The summed E-state index contributed by atoms with van der Waals surface area (Å²) in [7, 11) is 4.02. The van der Waals surface area contributed by atoms with Crippen LogP contribution in [0.25, 0.3) is 0 Å². The Kier molecular flexibility index (Phi) is 4.75. The molecule has 1 aromatic carbocycles. The lowest BCUT2D eigenvalue weighted by Crippen LogP contribution is -3.07. The zero-order valence-corrected chi connectivity index (χ0v) is 12.1. The molecule has 21 heavy (non-hydrogen) atoms. The highest BCUT2D eigenvalue weighted by molar-refractivity contribution is 5.94. The summed E-state index contributed by atoms with van der Waals surface area (Å²) in [4.78, 5) is 13.3. The summed E-state index contributed by atoms with van der Waals surface area (Å²) < 4.78 is 5.42. The van der Waals surface area contributed by atoms with Crippen molar-refractivity contribution in [3.63, 3.8) is 0 Å². The lowest BCUT2D eigenvalue weighted by atomic mass is 10.1. The minimum atomic E-state index is -0.190. The fraction of sp³-hybridized carbons (Fsp3) is 0.250. The van der Waals surface area contributed by atoms with Crippen molar-refractivity contribution in [2.24, 2.45) is 0 Å². The van der Waals surface area contributed by atoms with Gasteiger partial charge in [0.1, 0.15) is 0 Å². The Balaban J connectivity index is 2.04. The van der Waals surface area contributed by atoms with Crippen LogP contribution in [0.3, 0.4) is 0 Å². The Morgan fingerprint density at radius 1 is 1.38 bits per heavy atom. The zero-order valence-electron chi connectivity index (χ0n) is 12.1. The first-order chi connectivity index (χ1) is 10.1. The van der Waals surface area contributed by atoms with E-state index in [0.29, 0.717) is 17.7 Å². The Hall–Kier alpha value is -2.58. The maximum absolute atomic E-state index is 12.1. The van der Waals surface area contributed by atoms with Crippen molar-refractivity contribution in [1.82, 2.24) is 5.32 Å². The van der Waals surface area contributed by atoms with Crippen LogP contribution in [0.15, 0.2) is 47.1 Å². The number of nitrogens with one attached hydrogen (secondary N) is 2. The predicted octanol–water partition coefficient (Wildman–Crippen LogP) is 0.767. The zero-order chi connectivity index (χ0) is 15.2. The lowest BCUT2D eigenvalue weighted by Gasteiger charge is -2.19. The number of carbonyl (C=O) groups excluding carboxylic acids is 1. The van der Waals surface area contributed by atoms with Crippen molar-refractivity contribution in [2.75, 3.05) is 20.6 Å². The summed E-state index contributed by atoms with van der Waals surface area (Å²) in [5.74, 6) is 0.644. The third-order valence-corrected chi connectivity index (χ3v) is 3.30. The molecule has 2 aromatic rings. The summed E-state index contributed by atoms with van der Waals surface area (Å²) in [5.41, 5.74) is 0.962. The molecule has 0 bridgehead atoms. The van der Waals surface area contributed by atoms with E-state index in [1.54, 1.807) is 30.5 Å². The Morgan fingerprint density at radius 2 is 2.19 bits per heavy atom. The van der Waals surface area contributed by atoms with Gasteiger partial charge >= 0.3 is 0 Å². The van der Waals surface area contributed by atoms with E-state index in [4.69, 9.17) is 9.68 Å². The van der Waals surface area contributed by atoms with Crippen LogP contribution in [0.5, 0.6) is 0 Å². The van der Waals surface area contributed by atoms with Gasteiger partial charge in [0.05, 0.1) is 38.5 Å². The number of hydrogen-bond acceptors (Lipinski definition) is 3. The number of carbonyl (C=O) groups is 1. The van der Waals surface area contributed by atoms with Crippen LogP contribution in [-0.4, -0.2) is 26.5 Å². The second kappa shape index (κ2) is 6.73. The predicted molar refractivity (Wildman–Crippen MR) is 77.7 cm³/mol. The maximum Gasteiger partial charge on any atom is 0.251 e. The average molecular weight is 284 g/mol. The molecule has 2 rings (SSSR count). The van der Waals surface area contributed by atoms with Gasteiger partial charge in [-0.15, -0.1) is 0 Å². The minimum absolute atomic E-state index is 0.0445. The van der Waals surface area contributed by atoms with E-state index in [1.807, 2.05) is 32.3 Å². The van der Waals surface area contributed by atoms with Gasteiger partial charge in [-0.2, -0.15) is 5.26 Å². The van der Waals surface area contributed by atoms with Crippen LogP contribution in [-0.2, 0) is 0 Å². The Labute approximate surface area is 123 Å². The van der Waals surface area contributed by atoms with Crippen molar-refractivity contribution < 1.29 is 14.1 Å². The first-order valence-electron chi connectivity index (χ1n) is 6.73. The van der Waals surface area contributed by atoms with Gasteiger partial charge in [0.25, 0.3) is 5.91 Å². The molecular formula is C16H18N3O2+. The van der Waals surface area contributed by atoms with Gasteiger partial charge in [-0.05, 0) is 30.3 Å². The molecule has 0 spiro atoms. The number of hydrogen-bond donors (Lipinski definition) is 2. The summed E-state index contributed by atoms with van der Waals surface area (Å²) in [6.07, 6.45) is 1.63. The van der Waals surface area contributed by atoms with E-state index in [0.717, 1.165) is 10.7 Å². The van der Waals surface area contributed by atoms with Crippen molar-refractivity contribution >= 4 is 5.91 Å². The third-order valence-electron chi connectivity index (χ3n) is 3.30. The topological polar surface area (TPSA) is 70.5 Å². The fourth-order valence-electron chi connectivity index (χ4n) is 2.11. The maximum atomic E-state index is 12.1. The Bertz CT molecular complexity index is 642. The van der Waals surface area contributed by atoms with Gasteiger partial charge in [0, 0.05) is 5.56 Å². The molecule has 0 aliphatic carbocycles. The van der Waals surface area contributed by atoms with Crippen molar-refractivity contribution in [3.8, 4) is 6.07 Å². The number of nitriles is 1. The molecule has 2 N–H and O–H groups in total. The van der Waals surface area contributed by atoms with E-state index in [-0.39, 0.29) is 11.9 Å². The average Bonchev–Trinajstić information content (AvgIpc) is 3.01. The van der Waals surface area contributed by atoms with Crippen molar-refractivity contribution in [2.45, 2.75) is 6.04 Å². The van der Waals surface area contributed by atoms with Crippen molar-refractivity contribution in [3.05, 3.63) is 59.5 Å². The van der Waals surface area contributed by atoms with E-state index < -0.39 is 0 Å². The molecule has 0 saturated heterocycles. The first kappa shape index (κ1) is 14.8. The second-order valence-electron chi connectivity index (χ2n) is 5.05. The fourth-order valence-corrected chi connectivity index (χ4v) is 2.11. The van der Waals surface area contributed by atoms with Crippen LogP contribution in [0, 0.1) is 11.3 Å². The molecule has 0 radical (unpaired) electrons. The molecule has 0 saturated carbocycles. The smallest absolute Gasteiger partial charge is 0.251 e. The molecule has 5 nitrogen and oxygen atoms in total. The van der Waals surface area contributed by atoms with Gasteiger partial charge in [0.15, 0.2) is 11.8 Å². The van der Waals surface area contributed by atoms with Gasteiger partial charge < -0.3 is 14.6 Å². The molecule has 1 heterocycles. The third kappa shape index (κ3) is 3.71. The summed E-state index contributed by atoms with van der Waals surface area (Å²) >= 11 is 0. The highest BCUT2D eigenvalue weighted by atomic mass is 16.3. The monoisotopic (exact) mass is 284 g/mol. The number of quaternary nitrogens is 1. The number of furan rings is 1. The quantitative estimate of drug-likeness (QED) is 0.852. The van der Waals surface area contributed by atoms with Crippen molar-refractivity contribution in [1.29, 1.82) is 5.26 Å². The number of benzene rings is 1. The van der Waals surface area contributed by atoms with Gasteiger partial charge in [-0.1, -0.05) is 6.07 Å². The molecule has 1 atom stereocenters. The molecule has 0 unspecified atom stereocenters. The standard InChI is InChI=1S/C16H17N3O2/c1-19(2)14(15-7-4-8-21-15)11-18-16(20)13-6-3-5-12(9-13)10-17/h3-9,14H,11H2,1-2H3,(H,18,20)/p+1/t14-/m1/s1. The van der Waals surface area contributed by atoms with Crippen LogP contribution in [0.2, 0.25) is 0 Å². The highest BCUT2D eigenvalue weighted by Gasteiger charge is 2.21. The van der Waals surface area contributed by atoms with E-state index in [2.05, 4.69) is 5.32 Å². The summed E-state index contributed by atoms with van der Waals surface area (Å²) in [6, 6.07) is 12.5. The van der Waals surface area contributed by atoms with Crippen LogP contribution < -0.4 is 10.2 Å². The summed E-state index contributed by atoms with van der Waals surface area (Å²) in [5, 5.41) is 11.8. The van der Waals surface area contributed by atoms with E-state index in [1.165, 1.54) is 0 Å². The van der Waals surface area contributed by atoms with Crippen LogP contribution in [0.4, 0.5) is 0 Å². The second-order valence-corrected chi connectivity index (χ2v) is 5.05. The van der Waals surface area contributed by atoms with Crippen LogP contribution in [0.1, 0.15) is 27.7 Å². The molecular weight excluding hydrogens is 266 g/mol. The number of rotatable bonds is 5. The van der Waals surface area contributed by atoms with Gasteiger partial charge in [0.2, 0.25) is 0 Å². The van der Waals surface area contributed by atoms with Gasteiger partial charge in [-0.3, -0.25) is 4.79 Å². The highest BCUT2D eigenvalue weighted by Crippen LogP contribution is 2.10. The molecule has 1 aromatic heterocycles. The molecule has 0 aliphatic heterocycles. The first-order valence-corrected chi connectivity index (χ1v) is 6.73. The minimum Gasteiger partial charge on any atom is -0.463 e. The normalized spacial score (nSPS) is 11.9. The SMILES string of the molecule is C[NH+](C)[C@H](CNC(=O)c1cccc(C#N)c1)c1ccco1. The van der Waals surface area contributed by atoms with Gasteiger partial charge in [-0.25, -0.2) is 0 Å². The number of amides is 1. The largest absolute Gasteiger partial charge is 0.463 e. The lowest BCUT2D eigenvalue weighted by molar-refractivity contribution is -0.891. The molecule has 5 heteroatoms. The number of likely N-dealkylation sites (N-methyl/N-ethyl adjacent to an activating group) is 1. The molecule has 0 fully saturated rings. The van der Waals surface area contributed by atoms with E-state index >= 15 is 0 Å². The molecule has 108 valence electrons. The van der Waals surface area contributed by atoms with Crippen LogP contribution >= 0.6 is 0 Å². The molecule has 1 amide bonds. The molecule has 0 aliphatic rings.